The van der Waals surface area contributed by atoms with Crippen LogP contribution < -0.4 is 4.74 Å². The molecule has 0 bridgehead atoms. The Kier molecular flexibility index (Phi) is 5.29. The van der Waals surface area contributed by atoms with Crippen LogP contribution in [0.1, 0.15) is 20.3 Å². The lowest BCUT2D eigenvalue weighted by Crippen LogP contribution is -2.24. The molecule has 0 radical (unpaired) electrons. The average molecular weight is 257 g/mol. The van der Waals surface area contributed by atoms with Crippen LogP contribution in [-0.2, 0) is 9.53 Å². The van der Waals surface area contributed by atoms with Crippen LogP contribution in [0.2, 0.25) is 5.02 Å². The lowest BCUT2D eigenvalue weighted by Gasteiger charge is -2.20. The number of methoxy groups -OCH3 is 1. The van der Waals surface area contributed by atoms with Gasteiger partial charge in [0, 0.05) is 10.9 Å². The van der Waals surface area contributed by atoms with E-state index in [1.807, 2.05) is 26.0 Å². The zero-order valence-corrected chi connectivity index (χ0v) is 11.0. The maximum absolute atomic E-state index is 11.1. The van der Waals surface area contributed by atoms with Gasteiger partial charge in [-0.1, -0.05) is 18.5 Å². The van der Waals surface area contributed by atoms with Crippen LogP contribution in [0.25, 0.3) is 0 Å². The van der Waals surface area contributed by atoms with Gasteiger partial charge in [-0.3, -0.25) is 4.79 Å². The summed E-state index contributed by atoms with van der Waals surface area (Å²) in [4.78, 5) is 11.1. The highest BCUT2D eigenvalue weighted by Crippen LogP contribution is 2.20. The molecule has 2 atom stereocenters. The Morgan fingerprint density at radius 3 is 2.41 bits per heavy atom. The third kappa shape index (κ3) is 4.65. The Morgan fingerprint density at radius 2 is 1.88 bits per heavy atom. The van der Waals surface area contributed by atoms with Crippen molar-refractivity contribution in [2.45, 2.75) is 26.4 Å². The monoisotopic (exact) mass is 256 g/mol. The Bertz CT molecular complexity index is 361. The van der Waals surface area contributed by atoms with E-state index in [2.05, 4.69) is 4.74 Å². The topological polar surface area (TPSA) is 35.5 Å². The third-order valence-electron chi connectivity index (χ3n) is 2.65. The van der Waals surface area contributed by atoms with Crippen molar-refractivity contribution in [1.29, 1.82) is 0 Å². The SMILES string of the molecule is COC(=O)CC(C)C(C)Oc1ccc(Cl)cc1. The Morgan fingerprint density at radius 1 is 1.29 bits per heavy atom. The number of esters is 1. The van der Waals surface area contributed by atoms with Gasteiger partial charge in [-0.15, -0.1) is 0 Å². The van der Waals surface area contributed by atoms with Gasteiger partial charge in [-0.2, -0.15) is 0 Å². The summed E-state index contributed by atoms with van der Waals surface area (Å²) in [6.07, 6.45) is 0.293. The first-order valence-corrected chi connectivity index (χ1v) is 5.89. The van der Waals surface area contributed by atoms with Crippen molar-refractivity contribution in [3.05, 3.63) is 29.3 Å². The van der Waals surface area contributed by atoms with E-state index < -0.39 is 0 Å². The van der Waals surface area contributed by atoms with Crippen molar-refractivity contribution in [3.8, 4) is 5.75 Å². The first kappa shape index (κ1) is 13.8. The van der Waals surface area contributed by atoms with E-state index in [4.69, 9.17) is 16.3 Å². The first-order valence-electron chi connectivity index (χ1n) is 5.52. The van der Waals surface area contributed by atoms with Crippen molar-refractivity contribution < 1.29 is 14.3 Å². The molecule has 1 aromatic carbocycles. The Balaban J connectivity index is 2.50. The Labute approximate surface area is 107 Å². The van der Waals surface area contributed by atoms with E-state index in [-0.39, 0.29) is 18.0 Å². The molecule has 4 heteroatoms. The fourth-order valence-corrected chi connectivity index (χ4v) is 1.48. The second-order valence-electron chi connectivity index (χ2n) is 4.03. The minimum absolute atomic E-state index is 0.0599. The average Bonchev–Trinajstić information content (AvgIpc) is 2.31. The normalized spacial score (nSPS) is 13.9. The summed E-state index contributed by atoms with van der Waals surface area (Å²) in [5.74, 6) is 0.626. The number of carbonyl (C=O) groups excluding carboxylic acids is 1. The van der Waals surface area contributed by atoms with Gasteiger partial charge < -0.3 is 9.47 Å². The zero-order valence-electron chi connectivity index (χ0n) is 10.3. The third-order valence-corrected chi connectivity index (χ3v) is 2.91. The van der Waals surface area contributed by atoms with Crippen molar-refractivity contribution >= 4 is 17.6 Å². The van der Waals surface area contributed by atoms with Crippen molar-refractivity contribution in [3.63, 3.8) is 0 Å². The summed E-state index contributed by atoms with van der Waals surface area (Å²) in [7, 11) is 1.39. The molecule has 0 aromatic heterocycles. The van der Waals surface area contributed by atoms with Crippen LogP contribution in [0.4, 0.5) is 0 Å². The molecule has 17 heavy (non-hydrogen) atoms. The van der Waals surface area contributed by atoms with E-state index in [1.165, 1.54) is 7.11 Å². The number of halogens is 1. The molecule has 0 aliphatic heterocycles. The quantitative estimate of drug-likeness (QED) is 0.759. The summed E-state index contributed by atoms with van der Waals surface area (Å²) in [5.41, 5.74) is 0. The minimum atomic E-state index is -0.218. The van der Waals surface area contributed by atoms with E-state index in [1.54, 1.807) is 12.1 Å². The molecule has 1 aromatic rings. The first-order chi connectivity index (χ1) is 8.02. The molecule has 0 spiro atoms. The van der Waals surface area contributed by atoms with E-state index in [0.29, 0.717) is 11.4 Å². The van der Waals surface area contributed by atoms with Gasteiger partial charge in [0.15, 0.2) is 0 Å². The van der Waals surface area contributed by atoms with Gasteiger partial charge in [-0.25, -0.2) is 0 Å². The molecule has 3 nitrogen and oxygen atoms in total. The van der Waals surface area contributed by atoms with Gasteiger partial charge in [-0.05, 0) is 31.2 Å². The highest BCUT2D eigenvalue weighted by molar-refractivity contribution is 6.30. The largest absolute Gasteiger partial charge is 0.490 e. The molecule has 0 aliphatic rings. The highest BCUT2D eigenvalue weighted by Gasteiger charge is 2.17. The van der Waals surface area contributed by atoms with E-state index in [9.17, 15) is 4.79 Å². The van der Waals surface area contributed by atoms with Crippen LogP contribution >= 0.6 is 11.6 Å². The summed E-state index contributed by atoms with van der Waals surface area (Å²) >= 11 is 5.78. The molecule has 0 saturated carbocycles. The molecule has 94 valence electrons. The van der Waals surface area contributed by atoms with Crippen LogP contribution in [0.15, 0.2) is 24.3 Å². The second kappa shape index (κ2) is 6.50. The molecule has 0 aliphatic carbocycles. The van der Waals surface area contributed by atoms with Gasteiger partial charge >= 0.3 is 5.97 Å². The van der Waals surface area contributed by atoms with Crippen LogP contribution in [0.3, 0.4) is 0 Å². The molecular formula is C13H17ClO3. The van der Waals surface area contributed by atoms with Gasteiger partial charge in [0.25, 0.3) is 0 Å². The summed E-state index contributed by atoms with van der Waals surface area (Å²) in [6, 6.07) is 7.16. The highest BCUT2D eigenvalue weighted by atomic mass is 35.5. The molecular weight excluding hydrogens is 240 g/mol. The molecule has 0 amide bonds. The van der Waals surface area contributed by atoms with Gasteiger partial charge in [0.2, 0.25) is 0 Å². The summed E-state index contributed by atoms with van der Waals surface area (Å²) in [5, 5.41) is 0.674. The minimum Gasteiger partial charge on any atom is -0.490 e. The van der Waals surface area contributed by atoms with Gasteiger partial charge in [0.1, 0.15) is 5.75 Å². The molecule has 0 N–H and O–H groups in total. The van der Waals surface area contributed by atoms with Crippen LogP contribution in [0.5, 0.6) is 5.75 Å². The fourth-order valence-electron chi connectivity index (χ4n) is 1.36. The molecule has 0 saturated heterocycles. The lowest BCUT2D eigenvalue weighted by molar-refractivity contribution is -0.142. The summed E-state index contributed by atoms with van der Waals surface area (Å²) in [6.45, 7) is 3.89. The number of hydrogen-bond donors (Lipinski definition) is 0. The number of hydrogen-bond acceptors (Lipinski definition) is 3. The van der Waals surface area contributed by atoms with Gasteiger partial charge in [0.05, 0.1) is 19.6 Å². The maximum atomic E-state index is 11.1. The second-order valence-corrected chi connectivity index (χ2v) is 4.47. The zero-order chi connectivity index (χ0) is 12.8. The predicted molar refractivity (Wildman–Crippen MR) is 67.3 cm³/mol. The van der Waals surface area contributed by atoms with Crippen molar-refractivity contribution in [2.24, 2.45) is 5.92 Å². The van der Waals surface area contributed by atoms with Crippen LogP contribution in [0, 0.1) is 5.92 Å². The smallest absolute Gasteiger partial charge is 0.305 e. The maximum Gasteiger partial charge on any atom is 0.305 e. The van der Waals surface area contributed by atoms with Crippen molar-refractivity contribution in [1.82, 2.24) is 0 Å². The van der Waals surface area contributed by atoms with E-state index in [0.717, 1.165) is 5.75 Å². The van der Waals surface area contributed by atoms with Crippen molar-refractivity contribution in [2.75, 3.05) is 7.11 Å². The number of carbonyl (C=O) groups is 1. The number of rotatable bonds is 5. The lowest BCUT2D eigenvalue weighted by atomic mass is 10.0. The number of benzene rings is 1. The molecule has 2 unspecified atom stereocenters. The van der Waals surface area contributed by atoms with E-state index >= 15 is 0 Å². The predicted octanol–water partition coefficient (Wildman–Crippen LogP) is 3.31. The Hall–Kier alpha value is -1.22. The standard InChI is InChI=1S/C13H17ClO3/c1-9(8-13(15)16-3)10(2)17-12-6-4-11(14)5-7-12/h4-7,9-10H,8H2,1-3H3. The molecule has 1 rings (SSSR count). The number of ether oxygens (including phenoxy) is 2. The molecule has 0 heterocycles. The molecule has 0 fully saturated rings. The van der Waals surface area contributed by atoms with Crippen LogP contribution in [-0.4, -0.2) is 19.2 Å². The summed E-state index contributed by atoms with van der Waals surface area (Å²) < 4.78 is 10.3. The fraction of sp³-hybridized carbons (Fsp3) is 0.462.